The molecule has 5 nitrogen and oxygen atoms in total. The van der Waals surface area contributed by atoms with Crippen LogP contribution in [0.25, 0.3) is 0 Å². The summed E-state index contributed by atoms with van der Waals surface area (Å²) in [6.45, 7) is 4.75. The maximum absolute atomic E-state index is 11.8. The van der Waals surface area contributed by atoms with E-state index in [4.69, 9.17) is 4.74 Å². The number of H-pyrrole nitrogens is 1. The summed E-state index contributed by atoms with van der Waals surface area (Å²) in [6, 6.07) is 0. The summed E-state index contributed by atoms with van der Waals surface area (Å²) in [5.41, 5.74) is 0.973. The van der Waals surface area contributed by atoms with E-state index in [1.165, 1.54) is 0 Å². The third-order valence-corrected chi connectivity index (χ3v) is 2.73. The molecule has 0 amide bonds. The van der Waals surface area contributed by atoms with Gasteiger partial charge in [-0.1, -0.05) is 0 Å². The van der Waals surface area contributed by atoms with E-state index in [1.54, 1.807) is 13.3 Å². The van der Waals surface area contributed by atoms with Gasteiger partial charge in [0.05, 0.1) is 18.6 Å². The van der Waals surface area contributed by atoms with Crippen LogP contribution in [0, 0.1) is 0 Å². The third kappa shape index (κ3) is 1.52. The van der Waals surface area contributed by atoms with Crippen molar-refractivity contribution in [1.29, 1.82) is 0 Å². The lowest BCUT2D eigenvalue weighted by molar-refractivity contribution is -0.151. The number of imidazole rings is 1. The molecule has 2 rings (SSSR count). The molecule has 1 aliphatic rings. The predicted octanol–water partition coefficient (Wildman–Crippen LogP) is 0.334. The van der Waals surface area contributed by atoms with E-state index in [9.17, 15) is 4.79 Å². The van der Waals surface area contributed by atoms with Crippen LogP contribution in [0.1, 0.15) is 25.2 Å². The van der Waals surface area contributed by atoms with Crippen LogP contribution in [-0.4, -0.2) is 29.1 Å². The summed E-state index contributed by atoms with van der Waals surface area (Å²) in [7, 11) is 0. The van der Waals surface area contributed by atoms with Gasteiger partial charge >= 0.3 is 5.97 Å². The van der Waals surface area contributed by atoms with Gasteiger partial charge in [-0.25, -0.2) is 9.78 Å². The molecule has 0 aliphatic carbocycles. The van der Waals surface area contributed by atoms with Gasteiger partial charge in [0.1, 0.15) is 0 Å². The van der Waals surface area contributed by atoms with Crippen molar-refractivity contribution in [2.45, 2.75) is 25.8 Å². The lowest BCUT2D eigenvalue weighted by atomic mass is 9.91. The molecule has 2 N–H and O–H groups in total. The van der Waals surface area contributed by atoms with Gasteiger partial charge in [0.25, 0.3) is 0 Å². The van der Waals surface area contributed by atoms with Crippen molar-refractivity contribution in [3.8, 4) is 0 Å². The Labute approximate surface area is 88.2 Å². The average Bonchev–Trinajstić information content (AvgIpc) is 2.68. The number of hydrogen-bond acceptors (Lipinski definition) is 4. The minimum Gasteiger partial charge on any atom is -0.464 e. The van der Waals surface area contributed by atoms with Gasteiger partial charge in [-0.2, -0.15) is 0 Å². The number of carbonyl (C=O) groups is 1. The van der Waals surface area contributed by atoms with Gasteiger partial charge < -0.3 is 9.72 Å². The second-order valence-electron chi connectivity index (χ2n) is 3.75. The van der Waals surface area contributed by atoms with E-state index in [0.717, 1.165) is 24.4 Å². The number of nitrogens with zero attached hydrogens (tertiary/aromatic N) is 1. The summed E-state index contributed by atoms with van der Waals surface area (Å²) in [6.07, 6.45) is 2.49. The standard InChI is InChI=1S/C10H15N3O2/c1-3-15-9(14)10(2)8-7(4-5-13-10)11-6-12-8/h6,13H,3-5H2,1-2H3,(H,11,12)/t10-/m0/s1. The summed E-state index contributed by atoms with van der Waals surface area (Å²) in [4.78, 5) is 19.1. The normalized spacial score (nSPS) is 24.7. The van der Waals surface area contributed by atoms with Crippen molar-refractivity contribution in [1.82, 2.24) is 15.3 Å². The molecule has 1 aliphatic heterocycles. The Morgan fingerprint density at radius 2 is 2.53 bits per heavy atom. The Balaban J connectivity index is 2.34. The lowest BCUT2D eigenvalue weighted by Gasteiger charge is -2.31. The molecule has 0 bridgehead atoms. The molecule has 0 radical (unpaired) electrons. The van der Waals surface area contributed by atoms with E-state index in [1.807, 2.05) is 6.92 Å². The summed E-state index contributed by atoms with van der Waals surface area (Å²) < 4.78 is 5.06. The molecule has 0 saturated carbocycles. The number of esters is 1. The highest BCUT2D eigenvalue weighted by Gasteiger charge is 2.42. The van der Waals surface area contributed by atoms with Crippen LogP contribution in [0.4, 0.5) is 0 Å². The number of fused-ring (bicyclic) bond motifs is 1. The van der Waals surface area contributed by atoms with Crippen LogP contribution in [0.15, 0.2) is 6.33 Å². The molecule has 0 saturated heterocycles. The zero-order valence-corrected chi connectivity index (χ0v) is 8.96. The van der Waals surface area contributed by atoms with Crippen LogP contribution >= 0.6 is 0 Å². The van der Waals surface area contributed by atoms with Crippen LogP contribution in [-0.2, 0) is 21.5 Å². The predicted molar refractivity (Wildman–Crippen MR) is 54.3 cm³/mol. The molecule has 1 aromatic heterocycles. The summed E-state index contributed by atoms with van der Waals surface area (Å²) >= 11 is 0. The number of aromatic amines is 1. The largest absolute Gasteiger partial charge is 0.464 e. The Morgan fingerprint density at radius 1 is 1.73 bits per heavy atom. The molecule has 0 aromatic carbocycles. The number of nitrogens with one attached hydrogen (secondary N) is 2. The first-order valence-corrected chi connectivity index (χ1v) is 5.13. The summed E-state index contributed by atoms with van der Waals surface area (Å²) in [5, 5.41) is 3.17. The SMILES string of the molecule is CCOC(=O)[C@@]1(C)NCCc2[nH]cnc21. The van der Waals surface area contributed by atoms with Gasteiger partial charge in [0.15, 0.2) is 5.54 Å². The number of carbonyl (C=O) groups excluding carboxylic acids is 1. The van der Waals surface area contributed by atoms with Crippen LogP contribution in [0.5, 0.6) is 0 Å². The van der Waals surface area contributed by atoms with E-state index < -0.39 is 5.54 Å². The van der Waals surface area contributed by atoms with Crippen molar-refractivity contribution >= 4 is 5.97 Å². The fraction of sp³-hybridized carbons (Fsp3) is 0.600. The lowest BCUT2D eigenvalue weighted by Crippen LogP contribution is -2.51. The molecule has 0 fully saturated rings. The van der Waals surface area contributed by atoms with Gasteiger partial charge in [0, 0.05) is 18.7 Å². The number of hydrogen-bond donors (Lipinski definition) is 2. The molecule has 0 spiro atoms. The number of aromatic nitrogens is 2. The first kappa shape index (κ1) is 10.2. The maximum atomic E-state index is 11.8. The highest BCUT2D eigenvalue weighted by Crippen LogP contribution is 2.26. The van der Waals surface area contributed by atoms with Crippen molar-refractivity contribution in [3.63, 3.8) is 0 Å². The molecule has 5 heteroatoms. The zero-order chi connectivity index (χ0) is 10.9. The zero-order valence-electron chi connectivity index (χ0n) is 8.96. The quantitative estimate of drug-likeness (QED) is 0.689. The Hall–Kier alpha value is -1.36. The highest BCUT2D eigenvalue weighted by atomic mass is 16.5. The van der Waals surface area contributed by atoms with Crippen molar-refractivity contribution in [2.24, 2.45) is 0 Å². The van der Waals surface area contributed by atoms with Gasteiger partial charge in [-0.05, 0) is 13.8 Å². The monoisotopic (exact) mass is 209 g/mol. The van der Waals surface area contributed by atoms with E-state index in [-0.39, 0.29) is 5.97 Å². The van der Waals surface area contributed by atoms with E-state index in [0.29, 0.717) is 6.61 Å². The van der Waals surface area contributed by atoms with Gasteiger partial charge in [-0.3, -0.25) is 5.32 Å². The van der Waals surface area contributed by atoms with Gasteiger partial charge in [0.2, 0.25) is 0 Å². The molecule has 15 heavy (non-hydrogen) atoms. The maximum Gasteiger partial charge on any atom is 0.332 e. The molecule has 82 valence electrons. The summed E-state index contributed by atoms with van der Waals surface area (Å²) in [5.74, 6) is -0.266. The fourth-order valence-corrected chi connectivity index (χ4v) is 1.91. The van der Waals surface area contributed by atoms with Crippen molar-refractivity contribution in [3.05, 3.63) is 17.7 Å². The molecule has 2 heterocycles. The third-order valence-electron chi connectivity index (χ3n) is 2.73. The van der Waals surface area contributed by atoms with Crippen LogP contribution in [0.3, 0.4) is 0 Å². The smallest absolute Gasteiger partial charge is 0.332 e. The van der Waals surface area contributed by atoms with Crippen LogP contribution < -0.4 is 5.32 Å². The minimum absolute atomic E-state index is 0.266. The number of ether oxygens (including phenoxy) is 1. The van der Waals surface area contributed by atoms with E-state index >= 15 is 0 Å². The second-order valence-corrected chi connectivity index (χ2v) is 3.75. The Kier molecular flexibility index (Phi) is 2.48. The topological polar surface area (TPSA) is 67.0 Å². The average molecular weight is 209 g/mol. The minimum atomic E-state index is -0.802. The number of rotatable bonds is 2. The van der Waals surface area contributed by atoms with Crippen molar-refractivity contribution < 1.29 is 9.53 Å². The van der Waals surface area contributed by atoms with Gasteiger partial charge in [-0.15, -0.1) is 0 Å². The molecule has 1 atom stereocenters. The fourth-order valence-electron chi connectivity index (χ4n) is 1.91. The molecule has 0 unspecified atom stereocenters. The Morgan fingerprint density at radius 3 is 3.27 bits per heavy atom. The molecular formula is C10H15N3O2. The van der Waals surface area contributed by atoms with E-state index in [2.05, 4.69) is 15.3 Å². The highest BCUT2D eigenvalue weighted by molar-refractivity contribution is 5.82. The first-order chi connectivity index (χ1) is 7.18. The molecular weight excluding hydrogens is 194 g/mol. The first-order valence-electron chi connectivity index (χ1n) is 5.13. The van der Waals surface area contributed by atoms with Crippen molar-refractivity contribution in [2.75, 3.05) is 13.2 Å². The Bertz CT molecular complexity index is 374. The van der Waals surface area contributed by atoms with Crippen LogP contribution in [0.2, 0.25) is 0 Å². The molecule has 1 aromatic rings. The second kappa shape index (κ2) is 3.66.